The van der Waals surface area contributed by atoms with Gasteiger partial charge in [0.25, 0.3) is 0 Å². The standard InChI is InChI=1S/C13H26N2/c1-13(5-3-2-4-6-13)7-10-15-11-8-14-9-12-15/h14H,2-12H2,1H3. The predicted octanol–water partition coefficient (Wildman–Crippen LogP) is 2.25. The van der Waals surface area contributed by atoms with E-state index in [0.717, 1.165) is 0 Å². The topological polar surface area (TPSA) is 15.3 Å². The second kappa shape index (κ2) is 5.31. The van der Waals surface area contributed by atoms with E-state index in [2.05, 4.69) is 17.1 Å². The van der Waals surface area contributed by atoms with Gasteiger partial charge in [0.1, 0.15) is 0 Å². The molecule has 0 aromatic rings. The highest BCUT2D eigenvalue weighted by Crippen LogP contribution is 2.38. The Hall–Kier alpha value is -0.0800. The maximum atomic E-state index is 3.42. The molecule has 1 heterocycles. The summed E-state index contributed by atoms with van der Waals surface area (Å²) in [6.45, 7) is 8.74. The molecule has 2 nitrogen and oxygen atoms in total. The van der Waals surface area contributed by atoms with E-state index in [1.165, 1.54) is 71.2 Å². The van der Waals surface area contributed by atoms with Gasteiger partial charge in [-0.25, -0.2) is 0 Å². The molecular formula is C13H26N2. The van der Waals surface area contributed by atoms with E-state index in [1.54, 1.807) is 0 Å². The van der Waals surface area contributed by atoms with Crippen LogP contribution in [0.5, 0.6) is 0 Å². The van der Waals surface area contributed by atoms with Gasteiger partial charge in [-0.15, -0.1) is 0 Å². The summed E-state index contributed by atoms with van der Waals surface area (Å²) in [7, 11) is 0. The highest BCUT2D eigenvalue weighted by molar-refractivity contribution is 4.80. The number of piperazine rings is 1. The number of nitrogens with one attached hydrogen (secondary N) is 1. The number of hydrogen-bond acceptors (Lipinski definition) is 2. The van der Waals surface area contributed by atoms with Gasteiger partial charge in [-0.3, -0.25) is 0 Å². The Kier molecular flexibility index (Phi) is 4.04. The molecule has 1 saturated carbocycles. The Labute approximate surface area is 94.4 Å². The lowest BCUT2D eigenvalue weighted by atomic mass is 9.73. The zero-order valence-electron chi connectivity index (χ0n) is 10.2. The SMILES string of the molecule is CC1(CCN2CCNCC2)CCCCC1. The van der Waals surface area contributed by atoms with Gasteiger partial charge in [0.2, 0.25) is 0 Å². The van der Waals surface area contributed by atoms with Crippen molar-refractivity contribution >= 4 is 0 Å². The minimum absolute atomic E-state index is 0.670. The van der Waals surface area contributed by atoms with Crippen LogP contribution in [0.15, 0.2) is 0 Å². The first-order valence-electron chi connectivity index (χ1n) is 6.72. The number of rotatable bonds is 3. The highest BCUT2D eigenvalue weighted by Gasteiger charge is 2.27. The van der Waals surface area contributed by atoms with Crippen LogP contribution in [0.3, 0.4) is 0 Å². The van der Waals surface area contributed by atoms with Crippen molar-refractivity contribution in [3.8, 4) is 0 Å². The fourth-order valence-electron chi connectivity index (χ4n) is 3.02. The summed E-state index contributed by atoms with van der Waals surface area (Å²) in [4.78, 5) is 2.64. The van der Waals surface area contributed by atoms with Gasteiger partial charge in [-0.2, -0.15) is 0 Å². The molecule has 0 radical (unpaired) electrons. The molecule has 0 atom stereocenters. The Morgan fingerprint density at radius 3 is 2.40 bits per heavy atom. The maximum absolute atomic E-state index is 3.42. The predicted molar refractivity (Wildman–Crippen MR) is 65.1 cm³/mol. The molecule has 0 bridgehead atoms. The Balaban J connectivity index is 1.70. The molecule has 15 heavy (non-hydrogen) atoms. The molecule has 1 N–H and O–H groups in total. The molecule has 0 aromatic heterocycles. The second-order valence-corrected chi connectivity index (χ2v) is 5.71. The number of nitrogens with zero attached hydrogens (tertiary/aromatic N) is 1. The van der Waals surface area contributed by atoms with Crippen LogP contribution in [0, 0.1) is 5.41 Å². The van der Waals surface area contributed by atoms with E-state index in [1.807, 2.05) is 0 Å². The minimum atomic E-state index is 0.670. The van der Waals surface area contributed by atoms with Crippen molar-refractivity contribution in [3.63, 3.8) is 0 Å². The van der Waals surface area contributed by atoms with E-state index in [0.29, 0.717) is 5.41 Å². The van der Waals surface area contributed by atoms with Crippen LogP contribution in [0.1, 0.15) is 45.4 Å². The van der Waals surface area contributed by atoms with Crippen molar-refractivity contribution in [1.82, 2.24) is 10.2 Å². The van der Waals surface area contributed by atoms with Crippen LogP contribution in [-0.4, -0.2) is 37.6 Å². The minimum Gasteiger partial charge on any atom is -0.314 e. The van der Waals surface area contributed by atoms with Crippen LogP contribution < -0.4 is 5.32 Å². The third kappa shape index (κ3) is 3.46. The fourth-order valence-corrected chi connectivity index (χ4v) is 3.02. The van der Waals surface area contributed by atoms with Crippen molar-refractivity contribution in [2.75, 3.05) is 32.7 Å². The lowest BCUT2D eigenvalue weighted by Crippen LogP contribution is -2.44. The third-order valence-corrected chi connectivity index (χ3v) is 4.30. The zero-order chi connectivity index (χ0) is 10.6. The second-order valence-electron chi connectivity index (χ2n) is 5.71. The van der Waals surface area contributed by atoms with Gasteiger partial charge in [-0.1, -0.05) is 26.2 Å². The van der Waals surface area contributed by atoms with Crippen molar-refractivity contribution in [2.24, 2.45) is 5.41 Å². The summed E-state index contributed by atoms with van der Waals surface area (Å²) < 4.78 is 0. The first kappa shape index (κ1) is 11.4. The summed E-state index contributed by atoms with van der Waals surface area (Å²) in [5.74, 6) is 0. The van der Waals surface area contributed by atoms with Gasteiger partial charge in [0.15, 0.2) is 0 Å². The van der Waals surface area contributed by atoms with Gasteiger partial charge < -0.3 is 10.2 Å². The average Bonchev–Trinajstić information content (AvgIpc) is 2.29. The molecular weight excluding hydrogens is 184 g/mol. The Bertz CT molecular complexity index is 179. The summed E-state index contributed by atoms with van der Waals surface area (Å²) in [5, 5.41) is 3.42. The maximum Gasteiger partial charge on any atom is 0.0107 e. The average molecular weight is 210 g/mol. The van der Waals surface area contributed by atoms with Crippen LogP contribution in [-0.2, 0) is 0 Å². The Morgan fingerprint density at radius 2 is 1.73 bits per heavy atom. The monoisotopic (exact) mass is 210 g/mol. The molecule has 2 rings (SSSR count). The summed E-state index contributed by atoms with van der Waals surface area (Å²) in [6.07, 6.45) is 8.78. The molecule has 2 heteroatoms. The fraction of sp³-hybridized carbons (Fsp3) is 1.00. The summed E-state index contributed by atoms with van der Waals surface area (Å²) in [5.41, 5.74) is 0.670. The highest BCUT2D eigenvalue weighted by atomic mass is 15.2. The van der Waals surface area contributed by atoms with Crippen LogP contribution in [0.2, 0.25) is 0 Å². The number of hydrogen-bond donors (Lipinski definition) is 1. The van der Waals surface area contributed by atoms with Crippen LogP contribution in [0.25, 0.3) is 0 Å². The lowest BCUT2D eigenvalue weighted by molar-refractivity contribution is 0.150. The smallest absolute Gasteiger partial charge is 0.0107 e. The van der Waals surface area contributed by atoms with Crippen LogP contribution >= 0.6 is 0 Å². The largest absolute Gasteiger partial charge is 0.314 e. The quantitative estimate of drug-likeness (QED) is 0.768. The molecule has 1 aliphatic heterocycles. The molecule has 0 amide bonds. The van der Waals surface area contributed by atoms with Crippen molar-refractivity contribution in [1.29, 1.82) is 0 Å². The van der Waals surface area contributed by atoms with E-state index < -0.39 is 0 Å². The normalized spacial score (nSPS) is 27.8. The molecule has 1 saturated heterocycles. The Morgan fingerprint density at radius 1 is 1.07 bits per heavy atom. The lowest BCUT2D eigenvalue weighted by Gasteiger charge is -2.36. The molecule has 2 fully saturated rings. The zero-order valence-corrected chi connectivity index (χ0v) is 10.2. The summed E-state index contributed by atoms with van der Waals surface area (Å²) >= 11 is 0. The van der Waals surface area contributed by atoms with E-state index in [4.69, 9.17) is 0 Å². The van der Waals surface area contributed by atoms with E-state index in [9.17, 15) is 0 Å². The first-order chi connectivity index (χ1) is 7.29. The summed E-state index contributed by atoms with van der Waals surface area (Å²) in [6, 6.07) is 0. The first-order valence-corrected chi connectivity index (χ1v) is 6.72. The molecule has 0 aromatic carbocycles. The molecule has 1 aliphatic carbocycles. The van der Waals surface area contributed by atoms with E-state index >= 15 is 0 Å². The van der Waals surface area contributed by atoms with Gasteiger partial charge in [0, 0.05) is 26.2 Å². The molecule has 0 spiro atoms. The van der Waals surface area contributed by atoms with Crippen molar-refractivity contribution in [3.05, 3.63) is 0 Å². The third-order valence-electron chi connectivity index (χ3n) is 4.30. The molecule has 2 aliphatic rings. The van der Waals surface area contributed by atoms with Gasteiger partial charge in [-0.05, 0) is 31.2 Å². The van der Waals surface area contributed by atoms with Crippen molar-refractivity contribution < 1.29 is 0 Å². The van der Waals surface area contributed by atoms with E-state index in [-0.39, 0.29) is 0 Å². The molecule has 88 valence electrons. The van der Waals surface area contributed by atoms with Gasteiger partial charge in [0.05, 0.1) is 0 Å². The van der Waals surface area contributed by atoms with Crippen LogP contribution in [0.4, 0.5) is 0 Å². The van der Waals surface area contributed by atoms with Crippen molar-refractivity contribution in [2.45, 2.75) is 45.4 Å². The molecule has 0 unspecified atom stereocenters. The van der Waals surface area contributed by atoms with Gasteiger partial charge >= 0.3 is 0 Å².